The number of hydrogen-bond acceptors (Lipinski definition) is 3. The fraction of sp³-hybridized carbons (Fsp3) is 0.438. The normalized spacial score (nSPS) is 11.3. The van der Waals surface area contributed by atoms with Gasteiger partial charge in [-0.15, -0.1) is 0 Å². The van der Waals surface area contributed by atoms with Gasteiger partial charge in [-0.05, 0) is 31.9 Å². The molecule has 0 fully saturated rings. The highest BCUT2D eigenvalue weighted by molar-refractivity contribution is 5.69. The predicted octanol–water partition coefficient (Wildman–Crippen LogP) is 3.76. The maximum atomic E-state index is 5.49. The Kier molecular flexibility index (Phi) is 4.05. The highest BCUT2D eigenvalue weighted by atomic mass is 16.5. The van der Waals surface area contributed by atoms with Gasteiger partial charge in [0.15, 0.2) is 5.76 Å². The van der Waals surface area contributed by atoms with Crippen LogP contribution in [-0.2, 0) is 6.54 Å². The fourth-order valence-electron chi connectivity index (χ4n) is 2.44. The molecule has 0 saturated heterocycles. The molecule has 1 heterocycles. The van der Waals surface area contributed by atoms with Crippen molar-refractivity contribution < 1.29 is 4.52 Å². The topological polar surface area (TPSA) is 38.1 Å². The molecule has 0 aliphatic carbocycles. The van der Waals surface area contributed by atoms with Gasteiger partial charge >= 0.3 is 0 Å². The monoisotopic (exact) mass is 258 g/mol. The summed E-state index contributed by atoms with van der Waals surface area (Å²) in [6, 6.07) is 4.82. The molecule has 3 heteroatoms. The van der Waals surface area contributed by atoms with Crippen LogP contribution in [0.25, 0.3) is 11.3 Å². The van der Waals surface area contributed by atoms with Crippen molar-refractivity contribution in [2.45, 2.75) is 47.2 Å². The first-order valence-electron chi connectivity index (χ1n) is 6.74. The van der Waals surface area contributed by atoms with Crippen LogP contribution in [0.2, 0.25) is 0 Å². The maximum absolute atomic E-state index is 5.49. The van der Waals surface area contributed by atoms with Gasteiger partial charge in [0.1, 0.15) is 0 Å². The second-order valence-corrected chi connectivity index (χ2v) is 5.49. The van der Waals surface area contributed by atoms with E-state index in [1.807, 2.05) is 6.20 Å². The average molecular weight is 258 g/mol. The first-order chi connectivity index (χ1) is 8.99. The molecule has 3 nitrogen and oxygen atoms in total. The third-order valence-electron chi connectivity index (χ3n) is 3.25. The van der Waals surface area contributed by atoms with Crippen LogP contribution in [0.15, 0.2) is 22.9 Å². The molecule has 1 N–H and O–H groups in total. The number of aryl methyl sites for hydroxylation is 3. The van der Waals surface area contributed by atoms with Gasteiger partial charge < -0.3 is 9.84 Å². The SMILES string of the molecule is Cc1cc(C)c(-c2oncc2CNC(C)C)c(C)c1. The lowest BCUT2D eigenvalue weighted by Gasteiger charge is -2.11. The summed E-state index contributed by atoms with van der Waals surface area (Å²) in [7, 11) is 0. The molecular formula is C16H22N2O. The molecule has 0 aliphatic rings. The molecule has 19 heavy (non-hydrogen) atoms. The van der Waals surface area contributed by atoms with Crippen LogP contribution in [0.5, 0.6) is 0 Å². The predicted molar refractivity (Wildman–Crippen MR) is 78.1 cm³/mol. The summed E-state index contributed by atoms with van der Waals surface area (Å²) in [5, 5.41) is 7.37. The molecule has 0 saturated carbocycles. The van der Waals surface area contributed by atoms with E-state index in [2.05, 4.69) is 57.2 Å². The molecule has 1 aromatic heterocycles. The Morgan fingerprint density at radius 3 is 2.37 bits per heavy atom. The van der Waals surface area contributed by atoms with Gasteiger partial charge in [-0.25, -0.2) is 0 Å². The van der Waals surface area contributed by atoms with Crippen LogP contribution in [0.3, 0.4) is 0 Å². The highest BCUT2D eigenvalue weighted by Crippen LogP contribution is 2.31. The molecule has 0 atom stereocenters. The molecule has 1 aromatic carbocycles. The summed E-state index contributed by atoms with van der Waals surface area (Å²) in [5.41, 5.74) is 6.03. The summed E-state index contributed by atoms with van der Waals surface area (Å²) < 4.78 is 5.49. The van der Waals surface area contributed by atoms with E-state index in [0.29, 0.717) is 6.04 Å². The zero-order chi connectivity index (χ0) is 14.0. The van der Waals surface area contributed by atoms with Crippen LogP contribution >= 0.6 is 0 Å². The fourth-order valence-corrected chi connectivity index (χ4v) is 2.44. The molecule has 0 bridgehead atoms. The Bertz CT molecular complexity index is 547. The van der Waals surface area contributed by atoms with Crippen molar-refractivity contribution in [3.05, 3.63) is 40.6 Å². The molecule has 0 amide bonds. The first-order valence-corrected chi connectivity index (χ1v) is 6.74. The summed E-state index contributed by atoms with van der Waals surface area (Å²) in [6.45, 7) is 11.4. The lowest BCUT2D eigenvalue weighted by Crippen LogP contribution is -2.21. The van der Waals surface area contributed by atoms with Crippen molar-refractivity contribution in [1.29, 1.82) is 0 Å². The van der Waals surface area contributed by atoms with E-state index in [4.69, 9.17) is 4.52 Å². The van der Waals surface area contributed by atoms with Crippen molar-refractivity contribution in [3.63, 3.8) is 0 Å². The Morgan fingerprint density at radius 2 is 1.79 bits per heavy atom. The Morgan fingerprint density at radius 1 is 1.16 bits per heavy atom. The number of rotatable bonds is 4. The molecule has 0 spiro atoms. The zero-order valence-corrected chi connectivity index (χ0v) is 12.4. The molecule has 2 rings (SSSR count). The van der Waals surface area contributed by atoms with E-state index >= 15 is 0 Å². The van der Waals surface area contributed by atoms with E-state index in [0.717, 1.165) is 17.9 Å². The summed E-state index contributed by atoms with van der Waals surface area (Å²) >= 11 is 0. The van der Waals surface area contributed by atoms with Gasteiger partial charge in [-0.3, -0.25) is 0 Å². The largest absolute Gasteiger partial charge is 0.356 e. The van der Waals surface area contributed by atoms with E-state index in [1.54, 1.807) is 0 Å². The maximum Gasteiger partial charge on any atom is 0.171 e. The molecular weight excluding hydrogens is 236 g/mol. The van der Waals surface area contributed by atoms with Gasteiger partial charge in [0, 0.05) is 23.7 Å². The molecule has 0 aliphatic heterocycles. The lowest BCUT2D eigenvalue weighted by molar-refractivity contribution is 0.430. The quantitative estimate of drug-likeness (QED) is 0.907. The van der Waals surface area contributed by atoms with Crippen molar-refractivity contribution in [1.82, 2.24) is 10.5 Å². The number of nitrogens with zero attached hydrogens (tertiary/aromatic N) is 1. The van der Waals surface area contributed by atoms with Crippen LogP contribution in [0, 0.1) is 20.8 Å². The molecule has 0 radical (unpaired) electrons. The van der Waals surface area contributed by atoms with E-state index < -0.39 is 0 Å². The molecule has 102 valence electrons. The van der Waals surface area contributed by atoms with Gasteiger partial charge in [0.2, 0.25) is 0 Å². The summed E-state index contributed by atoms with van der Waals surface area (Å²) in [5.74, 6) is 0.892. The highest BCUT2D eigenvalue weighted by Gasteiger charge is 2.15. The number of aromatic nitrogens is 1. The second-order valence-electron chi connectivity index (χ2n) is 5.49. The van der Waals surface area contributed by atoms with E-state index in [-0.39, 0.29) is 0 Å². The minimum absolute atomic E-state index is 0.447. The van der Waals surface area contributed by atoms with E-state index in [9.17, 15) is 0 Å². The second kappa shape index (κ2) is 5.57. The molecule has 2 aromatic rings. The van der Waals surface area contributed by atoms with Crippen LogP contribution in [-0.4, -0.2) is 11.2 Å². The van der Waals surface area contributed by atoms with Gasteiger partial charge in [-0.2, -0.15) is 0 Å². The Labute approximate surface area is 115 Å². The molecule has 0 unspecified atom stereocenters. The third-order valence-corrected chi connectivity index (χ3v) is 3.25. The lowest BCUT2D eigenvalue weighted by atomic mass is 9.96. The van der Waals surface area contributed by atoms with Gasteiger partial charge in [0.05, 0.1) is 6.20 Å². The third kappa shape index (κ3) is 3.04. The Hall–Kier alpha value is -1.61. The number of nitrogens with one attached hydrogen (secondary N) is 1. The summed E-state index contributed by atoms with van der Waals surface area (Å²) in [6.07, 6.45) is 1.81. The van der Waals surface area contributed by atoms with Crippen LogP contribution < -0.4 is 5.32 Å². The van der Waals surface area contributed by atoms with E-state index in [1.165, 1.54) is 22.3 Å². The minimum Gasteiger partial charge on any atom is -0.356 e. The van der Waals surface area contributed by atoms with Crippen molar-refractivity contribution in [2.24, 2.45) is 0 Å². The van der Waals surface area contributed by atoms with Crippen molar-refractivity contribution in [2.75, 3.05) is 0 Å². The average Bonchev–Trinajstić information content (AvgIpc) is 2.73. The number of hydrogen-bond donors (Lipinski definition) is 1. The van der Waals surface area contributed by atoms with Crippen LogP contribution in [0.4, 0.5) is 0 Å². The van der Waals surface area contributed by atoms with Gasteiger partial charge in [-0.1, -0.05) is 36.7 Å². The minimum atomic E-state index is 0.447. The first kappa shape index (κ1) is 13.8. The number of benzene rings is 1. The van der Waals surface area contributed by atoms with Crippen molar-refractivity contribution in [3.8, 4) is 11.3 Å². The zero-order valence-electron chi connectivity index (χ0n) is 12.4. The van der Waals surface area contributed by atoms with Crippen molar-refractivity contribution >= 4 is 0 Å². The van der Waals surface area contributed by atoms with Gasteiger partial charge in [0.25, 0.3) is 0 Å². The van der Waals surface area contributed by atoms with Crippen LogP contribution in [0.1, 0.15) is 36.1 Å². The Balaban J connectivity index is 2.40. The standard InChI is InChI=1S/C16H22N2O/c1-10(2)17-8-14-9-18-19-16(14)15-12(4)6-11(3)7-13(15)5/h6-7,9-10,17H,8H2,1-5H3. The summed E-state index contributed by atoms with van der Waals surface area (Å²) in [4.78, 5) is 0. The smallest absolute Gasteiger partial charge is 0.171 e.